The minimum atomic E-state index is -3.64. The highest BCUT2D eigenvalue weighted by Gasteiger charge is 2.40. The maximum atomic E-state index is 12.8. The van der Waals surface area contributed by atoms with Crippen LogP contribution in [0, 0.1) is 0 Å². The lowest BCUT2D eigenvalue weighted by Gasteiger charge is -2.23. The van der Waals surface area contributed by atoms with Gasteiger partial charge in [0.25, 0.3) is 10.0 Å². The van der Waals surface area contributed by atoms with Gasteiger partial charge in [0.2, 0.25) is 5.91 Å². The van der Waals surface area contributed by atoms with Crippen LogP contribution in [0.25, 0.3) is 0 Å². The molecule has 1 saturated heterocycles. The molecule has 2 heterocycles. The monoisotopic (exact) mass is 380 g/mol. The van der Waals surface area contributed by atoms with Gasteiger partial charge >= 0.3 is 0 Å². The molecule has 1 aromatic heterocycles. The van der Waals surface area contributed by atoms with Crippen molar-refractivity contribution in [2.45, 2.75) is 30.0 Å². The fraction of sp³-hybridized carbons (Fsp3) is 0.353. The summed E-state index contributed by atoms with van der Waals surface area (Å²) >= 11 is 1.16. The molecule has 2 aromatic rings. The average molecular weight is 380 g/mol. The largest absolute Gasteiger partial charge is 0.492 e. The maximum absolute atomic E-state index is 12.8. The predicted octanol–water partition coefficient (Wildman–Crippen LogP) is 2.94. The summed E-state index contributed by atoms with van der Waals surface area (Å²) in [5, 5.41) is 4.54. The van der Waals surface area contributed by atoms with Crippen LogP contribution >= 0.6 is 11.3 Å². The van der Waals surface area contributed by atoms with Gasteiger partial charge in [0, 0.05) is 6.54 Å². The SMILES string of the molecule is CCOc1ccccc1NC(=O)C1CCCN1S(=O)(=O)c1cccs1. The molecule has 1 amide bonds. The smallest absolute Gasteiger partial charge is 0.253 e. The summed E-state index contributed by atoms with van der Waals surface area (Å²) in [4.78, 5) is 12.7. The number of ether oxygens (including phenoxy) is 1. The molecule has 0 radical (unpaired) electrons. The van der Waals surface area contributed by atoms with Gasteiger partial charge in [-0.15, -0.1) is 11.3 Å². The second kappa shape index (κ2) is 7.55. The molecule has 1 aliphatic heterocycles. The fourth-order valence-electron chi connectivity index (χ4n) is 2.88. The van der Waals surface area contributed by atoms with Crippen molar-refractivity contribution in [2.24, 2.45) is 0 Å². The molecule has 1 aliphatic rings. The quantitative estimate of drug-likeness (QED) is 0.836. The first kappa shape index (κ1) is 17.9. The van der Waals surface area contributed by atoms with Crippen LogP contribution in [-0.2, 0) is 14.8 Å². The minimum absolute atomic E-state index is 0.266. The van der Waals surface area contributed by atoms with Gasteiger partial charge in [-0.1, -0.05) is 18.2 Å². The number of sulfonamides is 1. The Kier molecular flexibility index (Phi) is 5.41. The zero-order chi connectivity index (χ0) is 17.9. The van der Waals surface area contributed by atoms with Gasteiger partial charge in [-0.25, -0.2) is 8.42 Å². The van der Waals surface area contributed by atoms with E-state index >= 15 is 0 Å². The van der Waals surface area contributed by atoms with Crippen molar-refractivity contribution in [1.82, 2.24) is 4.31 Å². The number of carbonyl (C=O) groups is 1. The lowest BCUT2D eigenvalue weighted by atomic mass is 10.2. The third kappa shape index (κ3) is 3.70. The van der Waals surface area contributed by atoms with Crippen LogP contribution in [0.1, 0.15) is 19.8 Å². The standard InChI is InChI=1S/C17H20N2O4S2/c1-2-23-15-9-4-3-7-13(15)18-17(20)14-8-5-11-19(14)25(21,22)16-10-6-12-24-16/h3-4,6-7,9-10,12,14H,2,5,8,11H2,1H3,(H,18,20). The number of nitrogens with zero attached hydrogens (tertiary/aromatic N) is 1. The number of hydrogen-bond donors (Lipinski definition) is 1. The number of hydrogen-bond acceptors (Lipinski definition) is 5. The van der Waals surface area contributed by atoms with Crippen LogP contribution in [-0.4, -0.2) is 37.8 Å². The van der Waals surface area contributed by atoms with E-state index in [9.17, 15) is 13.2 Å². The van der Waals surface area contributed by atoms with Crippen molar-refractivity contribution in [3.63, 3.8) is 0 Å². The molecule has 0 aliphatic carbocycles. The summed E-state index contributed by atoms with van der Waals surface area (Å²) in [6.45, 7) is 2.70. The Morgan fingerprint density at radius 2 is 2.12 bits per heavy atom. The van der Waals surface area contributed by atoms with E-state index in [0.717, 1.165) is 11.3 Å². The molecular weight excluding hydrogens is 360 g/mol. The van der Waals surface area contributed by atoms with Crippen molar-refractivity contribution < 1.29 is 17.9 Å². The molecule has 1 aromatic carbocycles. The summed E-state index contributed by atoms with van der Waals surface area (Å²) in [5.41, 5.74) is 0.551. The maximum Gasteiger partial charge on any atom is 0.253 e. The lowest BCUT2D eigenvalue weighted by molar-refractivity contribution is -0.119. The number of anilines is 1. The summed E-state index contributed by atoms with van der Waals surface area (Å²) < 4.78 is 32.6. The summed E-state index contributed by atoms with van der Waals surface area (Å²) in [6, 6.07) is 9.70. The summed E-state index contributed by atoms with van der Waals surface area (Å²) in [6.07, 6.45) is 1.17. The molecule has 0 spiro atoms. The number of nitrogens with one attached hydrogen (secondary N) is 1. The number of carbonyl (C=O) groups excluding carboxylic acids is 1. The van der Waals surface area contributed by atoms with Crippen molar-refractivity contribution in [1.29, 1.82) is 0 Å². The molecule has 134 valence electrons. The second-order valence-corrected chi connectivity index (χ2v) is 8.69. The van der Waals surface area contributed by atoms with Crippen LogP contribution in [0.5, 0.6) is 5.75 Å². The van der Waals surface area contributed by atoms with Gasteiger partial charge in [-0.3, -0.25) is 4.79 Å². The lowest BCUT2D eigenvalue weighted by Crippen LogP contribution is -2.42. The van der Waals surface area contributed by atoms with Crippen LogP contribution in [0.4, 0.5) is 5.69 Å². The third-order valence-corrected chi connectivity index (χ3v) is 7.29. The highest BCUT2D eigenvalue weighted by Crippen LogP contribution is 2.30. The van der Waals surface area contributed by atoms with E-state index in [-0.39, 0.29) is 10.1 Å². The minimum Gasteiger partial charge on any atom is -0.492 e. The first-order chi connectivity index (χ1) is 12.0. The van der Waals surface area contributed by atoms with E-state index in [4.69, 9.17) is 4.74 Å². The molecular formula is C17H20N2O4S2. The highest BCUT2D eigenvalue weighted by molar-refractivity contribution is 7.91. The molecule has 1 fully saturated rings. The Morgan fingerprint density at radius 1 is 1.32 bits per heavy atom. The van der Waals surface area contributed by atoms with Crippen LogP contribution in [0.2, 0.25) is 0 Å². The van der Waals surface area contributed by atoms with E-state index < -0.39 is 16.1 Å². The van der Waals surface area contributed by atoms with E-state index in [1.54, 1.807) is 35.7 Å². The molecule has 8 heteroatoms. The molecule has 0 saturated carbocycles. The van der Waals surface area contributed by atoms with Gasteiger partial charge in [0.15, 0.2) is 0 Å². The second-order valence-electron chi connectivity index (χ2n) is 5.62. The van der Waals surface area contributed by atoms with Crippen LogP contribution in [0.15, 0.2) is 46.0 Å². The van der Waals surface area contributed by atoms with Gasteiger partial charge in [-0.2, -0.15) is 4.31 Å². The van der Waals surface area contributed by atoms with Gasteiger partial charge in [0.1, 0.15) is 16.0 Å². The summed E-state index contributed by atoms with van der Waals surface area (Å²) in [5.74, 6) is 0.244. The van der Waals surface area contributed by atoms with Crippen molar-refractivity contribution >= 4 is 33.0 Å². The summed E-state index contributed by atoms with van der Waals surface area (Å²) in [7, 11) is -3.64. The Hall–Kier alpha value is -1.90. The average Bonchev–Trinajstić information content (AvgIpc) is 3.29. The van der Waals surface area contributed by atoms with Crippen molar-refractivity contribution in [2.75, 3.05) is 18.5 Å². The molecule has 1 unspecified atom stereocenters. The molecule has 6 nitrogen and oxygen atoms in total. The van der Waals surface area contributed by atoms with Crippen molar-refractivity contribution in [3.05, 3.63) is 41.8 Å². The van der Waals surface area contributed by atoms with E-state index in [1.807, 2.05) is 13.0 Å². The number of benzene rings is 1. The Bertz CT molecular complexity index is 834. The van der Waals surface area contributed by atoms with Crippen molar-refractivity contribution in [3.8, 4) is 5.75 Å². The normalized spacial score (nSPS) is 18.2. The highest BCUT2D eigenvalue weighted by atomic mass is 32.2. The molecule has 1 atom stereocenters. The Labute approximate surface area is 151 Å². The molecule has 0 bridgehead atoms. The van der Waals surface area contributed by atoms with E-state index in [0.29, 0.717) is 37.4 Å². The van der Waals surface area contributed by atoms with Crippen LogP contribution < -0.4 is 10.1 Å². The van der Waals surface area contributed by atoms with Gasteiger partial charge < -0.3 is 10.1 Å². The number of thiophene rings is 1. The topological polar surface area (TPSA) is 75.7 Å². The third-order valence-electron chi connectivity index (χ3n) is 4.01. The number of amides is 1. The molecule has 25 heavy (non-hydrogen) atoms. The molecule has 1 N–H and O–H groups in total. The first-order valence-electron chi connectivity index (χ1n) is 8.12. The van der Waals surface area contributed by atoms with Gasteiger partial charge in [-0.05, 0) is 43.3 Å². The number of rotatable bonds is 6. The predicted molar refractivity (Wildman–Crippen MR) is 97.5 cm³/mol. The van der Waals surface area contributed by atoms with E-state index in [1.165, 1.54) is 4.31 Å². The zero-order valence-corrected chi connectivity index (χ0v) is 15.5. The molecule has 3 rings (SSSR count). The Balaban J connectivity index is 1.80. The zero-order valence-electron chi connectivity index (χ0n) is 13.8. The van der Waals surface area contributed by atoms with Crippen LogP contribution in [0.3, 0.4) is 0 Å². The van der Waals surface area contributed by atoms with Gasteiger partial charge in [0.05, 0.1) is 12.3 Å². The fourth-order valence-corrected chi connectivity index (χ4v) is 5.66. The first-order valence-corrected chi connectivity index (χ1v) is 10.4. The van der Waals surface area contributed by atoms with E-state index in [2.05, 4.69) is 5.32 Å². The Morgan fingerprint density at radius 3 is 2.84 bits per heavy atom. The number of para-hydroxylation sites is 2.